The van der Waals surface area contributed by atoms with Crippen LogP contribution in [0.25, 0.3) is 0 Å². The van der Waals surface area contributed by atoms with Gasteiger partial charge >= 0.3 is 0 Å². The second-order valence-corrected chi connectivity index (χ2v) is 7.51. The Balaban J connectivity index is 1.36. The van der Waals surface area contributed by atoms with E-state index in [0.29, 0.717) is 29.8 Å². The third kappa shape index (κ3) is 3.07. The predicted molar refractivity (Wildman–Crippen MR) is 97.4 cm³/mol. The minimum absolute atomic E-state index is 0.00719. The average Bonchev–Trinajstić information content (AvgIpc) is 3.21. The summed E-state index contributed by atoms with van der Waals surface area (Å²) in [5.74, 6) is 0.519. The molecule has 3 unspecified atom stereocenters. The van der Waals surface area contributed by atoms with Crippen LogP contribution in [0.5, 0.6) is 0 Å². The zero-order valence-corrected chi connectivity index (χ0v) is 14.7. The van der Waals surface area contributed by atoms with E-state index in [1.54, 1.807) is 12.1 Å². The SMILES string of the molecule is NC1CCC2CN(C(=O)CCC(=O)N3CC(=O)Nc4ccccc43)CC12. The lowest BCUT2D eigenvalue weighted by Crippen LogP contribution is -2.42. The van der Waals surface area contributed by atoms with E-state index >= 15 is 0 Å². The highest BCUT2D eigenvalue weighted by atomic mass is 16.2. The van der Waals surface area contributed by atoms with Crippen LogP contribution in [0.4, 0.5) is 11.4 Å². The molecule has 0 radical (unpaired) electrons. The van der Waals surface area contributed by atoms with Crippen LogP contribution in [0, 0.1) is 11.8 Å². The van der Waals surface area contributed by atoms with Crippen molar-refractivity contribution in [1.82, 2.24) is 4.90 Å². The second-order valence-electron chi connectivity index (χ2n) is 7.51. The molecule has 1 aliphatic carbocycles. The van der Waals surface area contributed by atoms with Crippen molar-refractivity contribution in [3.63, 3.8) is 0 Å². The number of carbonyl (C=O) groups excluding carboxylic acids is 3. The van der Waals surface area contributed by atoms with Gasteiger partial charge in [0.1, 0.15) is 6.54 Å². The quantitative estimate of drug-likeness (QED) is 0.843. The van der Waals surface area contributed by atoms with Crippen LogP contribution in [0.2, 0.25) is 0 Å². The highest BCUT2D eigenvalue weighted by Gasteiger charge is 2.42. The number of nitrogens with one attached hydrogen (secondary N) is 1. The maximum atomic E-state index is 12.6. The normalized spacial score (nSPS) is 27.1. The molecule has 2 heterocycles. The van der Waals surface area contributed by atoms with Crippen molar-refractivity contribution in [1.29, 1.82) is 0 Å². The number of benzene rings is 1. The van der Waals surface area contributed by atoms with Crippen molar-refractivity contribution in [3.05, 3.63) is 24.3 Å². The van der Waals surface area contributed by atoms with E-state index < -0.39 is 0 Å². The van der Waals surface area contributed by atoms with Crippen LogP contribution in [-0.2, 0) is 14.4 Å². The van der Waals surface area contributed by atoms with Crippen molar-refractivity contribution in [2.75, 3.05) is 29.9 Å². The molecule has 3 N–H and O–H groups in total. The molecule has 26 heavy (non-hydrogen) atoms. The number of anilines is 2. The number of nitrogens with two attached hydrogens (primary N) is 1. The lowest BCUT2D eigenvalue weighted by molar-refractivity contribution is -0.132. The molecule has 3 aliphatic rings. The third-order valence-electron chi connectivity index (χ3n) is 5.89. The number of nitrogens with zero attached hydrogens (tertiary/aromatic N) is 2. The summed E-state index contributed by atoms with van der Waals surface area (Å²) in [6.07, 6.45) is 2.42. The van der Waals surface area contributed by atoms with Crippen LogP contribution in [-0.4, -0.2) is 48.3 Å². The second kappa shape index (κ2) is 6.72. The van der Waals surface area contributed by atoms with Gasteiger partial charge in [-0.05, 0) is 36.8 Å². The summed E-state index contributed by atoms with van der Waals surface area (Å²) in [4.78, 5) is 40.3. The molecule has 7 nitrogen and oxygen atoms in total. The number of para-hydroxylation sites is 2. The zero-order valence-electron chi connectivity index (χ0n) is 14.7. The summed E-state index contributed by atoms with van der Waals surface area (Å²) >= 11 is 0. The van der Waals surface area contributed by atoms with Crippen LogP contribution in [0.3, 0.4) is 0 Å². The standard InChI is InChI=1S/C19H24N4O3/c20-14-6-5-12-9-22(10-13(12)14)18(25)7-8-19(26)23-11-17(24)21-15-3-1-2-4-16(15)23/h1-4,12-14H,5-11,20H2,(H,21,24). The maximum absolute atomic E-state index is 12.6. The summed E-state index contributed by atoms with van der Waals surface area (Å²) in [6, 6.07) is 7.41. The molecule has 2 aliphatic heterocycles. The van der Waals surface area contributed by atoms with E-state index in [4.69, 9.17) is 5.73 Å². The largest absolute Gasteiger partial charge is 0.342 e. The molecular weight excluding hydrogens is 332 g/mol. The van der Waals surface area contributed by atoms with Crippen molar-refractivity contribution in [3.8, 4) is 0 Å². The summed E-state index contributed by atoms with van der Waals surface area (Å²) in [5, 5.41) is 2.76. The molecule has 0 spiro atoms. The van der Waals surface area contributed by atoms with Gasteiger partial charge in [-0.2, -0.15) is 0 Å². The van der Waals surface area contributed by atoms with Gasteiger partial charge in [-0.15, -0.1) is 0 Å². The summed E-state index contributed by atoms with van der Waals surface area (Å²) < 4.78 is 0. The lowest BCUT2D eigenvalue weighted by atomic mass is 9.98. The van der Waals surface area contributed by atoms with Gasteiger partial charge in [-0.3, -0.25) is 14.4 Å². The fourth-order valence-corrected chi connectivity index (χ4v) is 4.47. The van der Waals surface area contributed by atoms with Crippen LogP contribution in [0.15, 0.2) is 24.3 Å². The molecule has 7 heteroatoms. The van der Waals surface area contributed by atoms with Gasteiger partial charge in [0.05, 0.1) is 11.4 Å². The average molecular weight is 356 g/mol. The Labute approximate surface area is 152 Å². The Hall–Kier alpha value is -2.41. The molecule has 1 aromatic rings. The minimum Gasteiger partial charge on any atom is -0.342 e. The Morgan fingerprint density at radius 2 is 1.88 bits per heavy atom. The molecule has 4 rings (SSSR count). The van der Waals surface area contributed by atoms with Crippen LogP contribution in [0.1, 0.15) is 25.7 Å². The van der Waals surface area contributed by atoms with Crippen LogP contribution >= 0.6 is 0 Å². The first kappa shape index (κ1) is 17.0. The first-order valence-corrected chi connectivity index (χ1v) is 9.25. The van der Waals surface area contributed by atoms with E-state index in [2.05, 4.69) is 5.32 Å². The first-order chi connectivity index (χ1) is 12.5. The highest BCUT2D eigenvalue weighted by Crippen LogP contribution is 2.37. The monoisotopic (exact) mass is 356 g/mol. The van der Waals surface area contributed by atoms with Crippen LogP contribution < -0.4 is 16.0 Å². The van der Waals surface area contributed by atoms with Gasteiger partial charge in [0.2, 0.25) is 17.7 Å². The molecule has 1 saturated heterocycles. The Morgan fingerprint density at radius 3 is 2.69 bits per heavy atom. The lowest BCUT2D eigenvalue weighted by Gasteiger charge is -2.29. The van der Waals surface area contributed by atoms with E-state index in [9.17, 15) is 14.4 Å². The van der Waals surface area contributed by atoms with E-state index in [0.717, 1.165) is 19.4 Å². The maximum Gasteiger partial charge on any atom is 0.244 e. The number of hydrogen-bond donors (Lipinski definition) is 2. The number of hydrogen-bond acceptors (Lipinski definition) is 4. The van der Waals surface area contributed by atoms with Gasteiger partial charge in [0, 0.05) is 32.0 Å². The van der Waals surface area contributed by atoms with Gasteiger partial charge in [-0.25, -0.2) is 0 Å². The predicted octanol–water partition coefficient (Wildman–Crippen LogP) is 0.948. The van der Waals surface area contributed by atoms with Gasteiger partial charge in [0.15, 0.2) is 0 Å². The van der Waals surface area contributed by atoms with Crippen molar-refractivity contribution in [2.45, 2.75) is 31.7 Å². The molecule has 1 aromatic carbocycles. The first-order valence-electron chi connectivity index (χ1n) is 9.25. The number of rotatable bonds is 3. The van der Waals surface area contributed by atoms with Crippen molar-refractivity contribution >= 4 is 29.1 Å². The van der Waals surface area contributed by atoms with Gasteiger partial charge < -0.3 is 20.9 Å². The fourth-order valence-electron chi connectivity index (χ4n) is 4.47. The Kier molecular flexibility index (Phi) is 4.40. The molecule has 0 bridgehead atoms. The van der Waals surface area contributed by atoms with Gasteiger partial charge in [-0.1, -0.05) is 12.1 Å². The fraction of sp³-hybridized carbons (Fsp3) is 0.526. The Morgan fingerprint density at radius 1 is 1.12 bits per heavy atom. The topological polar surface area (TPSA) is 95.7 Å². The molecular formula is C19H24N4O3. The Bertz CT molecular complexity index is 750. The van der Waals surface area contributed by atoms with E-state index in [1.165, 1.54) is 4.90 Å². The van der Waals surface area contributed by atoms with Gasteiger partial charge in [0.25, 0.3) is 0 Å². The van der Waals surface area contributed by atoms with E-state index in [-0.39, 0.29) is 43.1 Å². The summed E-state index contributed by atoms with van der Waals surface area (Å²) in [5.41, 5.74) is 7.44. The number of carbonyl (C=O) groups is 3. The summed E-state index contributed by atoms with van der Waals surface area (Å²) in [6.45, 7) is 1.47. The van der Waals surface area contributed by atoms with Crippen molar-refractivity contribution in [2.24, 2.45) is 17.6 Å². The third-order valence-corrected chi connectivity index (χ3v) is 5.89. The molecule has 2 fully saturated rings. The zero-order chi connectivity index (χ0) is 18.3. The summed E-state index contributed by atoms with van der Waals surface area (Å²) in [7, 11) is 0. The molecule has 3 atom stereocenters. The number of likely N-dealkylation sites (tertiary alicyclic amines) is 1. The number of amides is 3. The molecule has 0 aromatic heterocycles. The van der Waals surface area contributed by atoms with Crippen molar-refractivity contribution < 1.29 is 14.4 Å². The molecule has 138 valence electrons. The number of fused-ring (bicyclic) bond motifs is 2. The molecule has 3 amide bonds. The smallest absolute Gasteiger partial charge is 0.244 e. The van der Waals surface area contributed by atoms with E-state index in [1.807, 2.05) is 17.0 Å². The highest BCUT2D eigenvalue weighted by molar-refractivity contribution is 6.10. The molecule has 1 saturated carbocycles. The minimum atomic E-state index is -0.218.